The van der Waals surface area contributed by atoms with Crippen molar-refractivity contribution in [3.63, 3.8) is 0 Å². The van der Waals surface area contributed by atoms with Crippen molar-refractivity contribution < 1.29 is 14.6 Å². The van der Waals surface area contributed by atoms with Gasteiger partial charge in [-0.1, -0.05) is 12.1 Å². The number of rotatable bonds is 2. The number of piperidine rings is 1. The number of nitrogens with one attached hydrogen (secondary N) is 1. The Balaban J connectivity index is 1.73. The summed E-state index contributed by atoms with van der Waals surface area (Å²) >= 11 is 0. The molecule has 0 unspecified atom stereocenters. The van der Waals surface area contributed by atoms with E-state index in [1.807, 2.05) is 18.2 Å². The van der Waals surface area contributed by atoms with Gasteiger partial charge in [0.2, 0.25) is 0 Å². The number of hydrogen-bond donors (Lipinski definition) is 2. The molecule has 6 heteroatoms. The third-order valence-corrected chi connectivity index (χ3v) is 4.31. The molecule has 0 bridgehead atoms. The van der Waals surface area contributed by atoms with Crippen molar-refractivity contribution in [2.75, 3.05) is 13.1 Å². The second kappa shape index (κ2) is 6.42. The number of carbonyl (C=O) groups is 1. The van der Waals surface area contributed by atoms with Gasteiger partial charge in [-0.3, -0.25) is 4.79 Å². The quantitative estimate of drug-likeness (QED) is 0.887. The van der Waals surface area contributed by atoms with E-state index in [9.17, 15) is 14.7 Å². The Morgan fingerprint density at radius 1 is 1.35 bits per heavy atom. The number of carbonyl (C=O) groups excluding carboxylic acids is 1. The zero-order chi connectivity index (χ0) is 16.4. The molecule has 0 spiro atoms. The molecule has 1 amide bonds. The van der Waals surface area contributed by atoms with Gasteiger partial charge in [-0.2, -0.15) is 0 Å². The topological polar surface area (TPSA) is 82.6 Å². The summed E-state index contributed by atoms with van der Waals surface area (Å²) in [7, 11) is 0. The van der Waals surface area contributed by atoms with Gasteiger partial charge < -0.3 is 19.7 Å². The SMILES string of the molecule is Cc1c(COC(=O)N2CCC(O)CC2)[nH]c2ccccc2c1=O. The summed E-state index contributed by atoms with van der Waals surface area (Å²) in [4.78, 5) is 29.2. The van der Waals surface area contributed by atoms with E-state index in [0.717, 1.165) is 5.52 Å². The van der Waals surface area contributed by atoms with Gasteiger partial charge >= 0.3 is 6.09 Å². The number of aliphatic hydroxyl groups excluding tert-OH is 1. The maximum Gasteiger partial charge on any atom is 0.410 e. The van der Waals surface area contributed by atoms with Crippen LogP contribution in [0.15, 0.2) is 29.1 Å². The van der Waals surface area contributed by atoms with Crippen LogP contribution in [0.5, 0.6) is 0 Å². The van der Waals surface area contributed by atoms with E-state index in [-0.39, 0.29) is 18.1 Å². The zero-order valence-electron chi connectivity index (χ0n) is 13.0. The normalized spacial score (nSPS) is 15.8. The van der Waals surface area contributed by atoms with Crippen molar-refractivity contribution >= 4 is 17.0 Å². The van der Waals surface area contributed by atoms with Crippen LogP contribution in [-0.4, -0.2) is 40.3 Å². The third kappa shape index (κ3) is 3.22. The van der Waals surface area contributed by atoms with E-state index in [1.165, 1.54) is 0 Å². The second-order valence-corrected chi connectivity index (χ2v) is 5.88. The Kier molecular flexibility index (Phi) is 4.34. The first-order chi connectivity index (χ1) is 11.1. The monoisotopic (exact) mass is 316 g/mol. The molecule has 1 aromatic carbocycles. The maximum atomic E-state index is 12.3. The summed E-state index contributed by atoms with van der Waals surface area (Å²) in [6.45, 7) is 2.75. The number of H-pyrrole nitrogens is 1. The molecule has 23 heavy (non-hydrogen) atoms. The number of aromatic nitrogens is 1. The van der Waals surface area contributed by atoms with Crippen molar-refractivity contribution in [3.05, 3.63) is 45.7 Å². The van der Waals surface area contributed by atoms with Gasteiger partial charge in [-0.25, -0.2) is 4.79 Å². The van der Waals surface area contributed by atoms with Crippen LogP contribution in [0.25, 0.3) is 10.9 Å². The molecule has 2 heterocycles. The highest BCUT2D eigenvalue weighted by Crippen LogP contribution is 2.14. The number of aromatic amines is 1. The van der Waals surface area contributed by atoms with Crippen LogP contribution in [0.4, 0.5) is 4.79 Å². The molecular weight excluding hydrogens is 296 g/mol. The lowest BCUT2D eigenvalue weighted by atomic mass is 10.1. The first-order valence-electron chi connectivity index (χ1n) is 7.76. The minimum Gasteiger partial charge on any atom is -0.443 e. The molecule has 1 aliphatic heterocycles. The summed E-state index contributed by atoms with van der Waals surface area (Å²) in [5, 5.41) is 10.1. The fourth-order valence-electron chi connectivity index (χ4n) is 2.80. The molecule has 2 aromatic rings. The fraction of sp³-hybridized carbons (Fsp3) is 0.412. The van der Waals surface area contributed by atoms with E-state index >= 15 is 0 Å². The highest BCUT2D eigenvalue weighted by Gasteiger charge is 2.22. The number of likely N-dealkylation sites (tertiary alicyclic amines) is 1. The Labute approximate surface area is 133 Å². The first kappa shape index (κ1) is 15.6. The molecule has 1 aromatic heterocycles. The van der Waals surface area contributed by atoms with Crippen LogP contribution in [-0.2, 0) is 11.3 Å². The maximum absolute atomic E-state index is 12.3. The highest BCUT2D eigenvalue weighted by atomic mass is 16.6. The van der Waals surface area contributed by atoms with Gasteiger partial charge in [0, 0.05) is 29.6 Å². The lowest BCUT2D eigenvalue weighted by Gasteiger charge is -2.28. The van der Waals surface area contributed by atoms with Crippen LogP contribution in [0.2, 0.25) is 0 Å². The molecule has 122 valence electrons. The summed E-state index contributed by atoms with van der Waals surface area (Å²) in [6, 6.07) is 7.27. The number of ether oxygens (including phenoxy) is 1. The second-order valence-electron chi connectivity index (χ2n) is 5.88. The average molecular weight is 316 g/mol. The lowest BCUT2D eigenvalue weighted by Crippen LogP contribution is -2.40. The van der Waals surface area contributed by atoms with Crippen molar-refractivity contribution in [3.8, 4) is 0 Å². The summed E-state index contributed by atoms with van der Waals surface area (Å²) in [5.74, 6) is 0. The van der Waals surface area contributed by atoms with Crippen LogP contribution in [0.3, 0.4) is 0 Å². The fourth-order valence-corrected chi connectivity index (χ4v) is 2.80. The largest absolute Gasteiger partial charge is 0.443 e. The van der Waals surface area contributed by atoms with E-state index < -0.39 is 6.09 Å². The van der Waals surface area contributed by atoms with Gasteiger partial charge in [0.15, 0.2) is 5.43 Å². The van der Waals surface area contributed by atoms with Gasteiger partial charge in [0.1, 0.15) is 6.61 Å². The summed E-state index contributed by atoms with van der Waals surface area (Å²) < 4.78 is 5.32. The molecular formula is C17H20N2O4. The number of fused-ring (bicyclic) bond motifs is 1. The minimum atomic E-state index is -0.412. The highest BCUT2D eigenvalue weighted by molar-refractivity contribution is 5.79. The van der Waals surface area contributed by atoms with Gasteiger partial charge in [0.05, 0.1) is 11.8 Å². The number of benzene rings is 1. The number of pyridine rings is 1. The average Bonchev–Trinajstić information content (AvgIpc) is 2.57. The molecule has 3 rings (SSSR count). The molecule has 1 saturated heterocycles. The lowest BCUT2D eigenvalue weighted by molar-refractivity contribution is 0.0554. The number of para-hydroxylation sites is 1. The number of aliphatic hydroxyl groups is 1. The Morgan fingerprint density at radius 3 is 2.78 bits per heavy atom. The Hall–Kier alpha value is -2.34. The van der Waals surface area contributed by atoms with Crippen molar-refractivity contribution in [1.82, 2.24) is 9.88 Å². The predicted molar refractivity (Wildman–Crippen MR) is 86.3 cm³/mol. The van der Waals surface area contributed by atoms with Gasteiger partial charge in [-0.15, -0.1) is 0 Å². The van der Waals surface area contributed by atoms with Crippen LogP contribution in [0.1, 0.15) is 24.1 Å². The predicted octanol–water partition coefficient (Wildman–Crippen LogP) is 1.93. The molecule has 0 aliphatic carbocycles. The Morgan fingerprint density at radius 2 is 2.04 bits per heavy atom. The first-order valence-corrected chi connectivity index (χ1v) is 7.76. The third-order valence-electron chi connectivity index (χ3n) is 4.31. The van der Waals surface area contributed by atoms with Crippen molar-refractivity contribution in [1.29, 1.82) is 0 Å². The molecule has 0 radical (unpaired) electrons. The van der Waals surface area contributed by atoms with Gasteiger partial charge in [-0.05, 0) is 31.9 Å². The molecule has 1 aliphatic rings. The summed E-state index contributed by atoms with van der Waals surface area (Å²) in [6.07, 6.45) is 0.394. The van der Waals surface area contributed by atoms with Crippen LogP contribution < -0.4 is 5.43 Å². The standard InChI is InChI=1S/C17H20N2O4/c1-11-15(18-14-5-3-2-4-13(14)16(11)21)10-23-17(22)19-8-6-12(20)7-9-19/h2-5,12,20H,6-10H2,1H3,(H,18,21). The smallest absolute Gasteiger partial charge is 0.410 e. The van der Waals surface area contributed by atoms with E-state index in [1.54, 1.807) is 17.9 Å². The van der Waals surface area contributed by atoms with Crippen LogP contribution >= 0.6 is 0 Å². The molecule has 0 saturated carbocycles. The van der Waals surface area contributed by atoms with Gasteiger partial charge in [0.25, 0.3) is 0 Å². The Bertz CT molecular complexity index is 776. The van der Waals surface area contributed by atoms with Crippen molar-refractivity contribution in [2.24, 2.45) is 0 Å². The van der Waals surface area contributed by atoms with E-state index in [0.29, 0.717) is 42.6 Å². The number of amides is 1. The van der Waals surface area contributed by atoms with Crippen molar-refractivity contribution in [2.45, 2.75) is 32.5 Å². The molecule has 6 nitrogen and oxygen atoms in total. The zero-order valence-corrected chi connectivity index (χ0v) is 13.0. The molecule has 2 N–H and O–H groups in total. The number of nitrogens with zero attached hydrogens (tertiary/aromatic N) is 1. The van der Waals surface area contributed by atoms with E-state index in [2.05, 4.69) is 4.98 Å². The van der Waals surface area contributed by atoms with Crippen LogP contribution in [0, 0.1) is 6.92 Å². The molecule has 1 fully saturated rings. The van der Waals surface area contributed by atoms with E-state index in [4.69, 9.17) is 4.74 Å². The number of hydrogen-bond acceptors (Lipinski definition) is 4. The summed E-state index contributed by atoms with van der Waals surface area (Å²) in [5.41, 5.74) is 1.85. The molecule has 0 atom stereocenters. The minimum absolute atomic E-state index is 0.0315.